The molecule has 0 unspecified atom stereocenters. The molecule has 22 heavy (non-hydrogen) atoms. The second-order valence-corrected chi connectivity index (χ2v) is 5.54. The quantitative estimate of drug-likeness (QED) is 0.686. The van der Waals surface area contributed by atoms with Crippen LogP contribution in [0.1, 0.15) is 37.1 Å². The molecule has 2 aromatic rings. The van der Waals surface area contributed by atoms with Crippen LogP contribution in [-0.2, 0) is 5.54 Å². The highest BCUT2D eigenvalue weighted by molar-refractivity contribution is 5.85. The molecular formula is C14H17ClN4O3. The number of nitro groups is 1. The van der Waals surface area contributed by atoms with Crippen molar-refractivity contribution in [2.45, 2.75) is 38.1 Å². The summed E-state index contributed by atoms with van der Waals surface area (Å²) in [5, 5.41) is 14.8. The highest BCUT2D eigenvalue weighted by Crippen LogP contribution is 2.36. The summed E-state index contributed by atoms with van der Waals surface area (Å²) in [6, 6.07) is 4.55. The number of nitrogens with zero attached hydrogens (tertiary/aromatic N) is 3. The van der Waals surface area contributed by atoms with Gasteiger partial charge >= 0.3 is 0 Å². The van der Waals surface area contributed by atoms with Crippen molar-refractivity contribution < 1.29 is 9.45 Å². The zero-order valence-electron chi connectivity index (χ0n) is 12.1. The topological polar surface area (TPSA) is 108 Å². The predicted molar refractivity (Wildman–Crippen MR) is 82.7 cm³/mol. The van der Waals surface area contributed by atoms with Crippen molar-refractivity contribution in [3.05, 3.63) is 39.7 Å². The van der Waals surface area contributed by atoms with E-state index in [0.717, 1.165) is 31.2 Å². The van der Waals surface area contributed by atoms with Crippen LogP contribution in [-0.4, -0.2) is 15.1 Å². The highest BCUT2D eigenvalue weighted by Gasteiger charge is 2.36. The maximum atomic E-state index is 10.8. The van der Waals surface area contributed by atoms with E-state index < -0.39 is 10.5 Å². The largest absolute Gasteiger partial charge is 0.334 e. The molecule has 1 fully saturated rings. The second kappa shape index (κ2) is 6.02. The van der Waals surface area contributed by atoms with E-state index in [2.05, 4.69) is 10.1 Å². The molecule has 1 heterocycles. The van der Waals surface area contributed by atoms with Gasteiger partial charge in [-0.3, -0.25) is 10.1 Å². The Morgan fingerprint density at radius 1 is 1.36 bits per heavy atom. The fourth-order valence-electron chi connectivity index (χ4n) is 2.77. The number of hydrogen-bond acceptors (Lipinski definition) is 6. The van der Waals surface area contributed by atoms with Crippen LogP contribution >= 0.6 is 12.4 Å². The molecule has 8 heteroatoms. The molecule has 0 radical (unpaired) electrons. The summed E-state index contributed by atoms with van der Waals surface area (Å²) in [5.41, 5.74) is 7.25. The summed E-state index contributed by atoms with van der Waals surface area (Å²) in [7, 11) is 0. The van der Waals surface area contributed by atoms with Crippen LogP contribution in [0.15, 0.2) is 22.7 Å². The van der Waals surface area contributed by atoms with Crippen molar-refractivity contribution >= 4 is 18.1 Å². The number of aryl methyl sites for hydroxylation is 1. The van der Waals surface area contributed by atoms with Gasteiger partial charge in [-0.1, -0.05) is 18.0 Å². The van der Waals surface area contributed by atoms with Gasteiger partial charge in [0.05, 0.1) is 10.5 Å². The van der Waals surface area contributed by atoms with Crippen LogP contribution in [0.5, 0.6) is 0 Å². The first kappa shape index (κ1) is 16.4. The van der Waals surface area contributed by atoms with E-state index in [-0.39, 0.29) is 18.1 Å². The summed E-state index contributed by atoms with van der Waals surface area (Å²) >= 11 is 0. The zero-order valence-corrected chi connectivity index (χ0v) is 12.9. The van der Waals surface area contributed by atoms with E-state index in [1.807, 2.05) is 0 Å². The normalized spacial score (nSPS) is 16.3. The molecule has 1 aromatic heterocycles. The number of aromatic nitrogens is 2. The van der Waals surface area contributed by atoms with Crippen LogP contribution < -0.4 is 5.73 Å². The smallest absolute Gasteiger partial charge is 0.269 e. The monoisotopic (exact) mass is 324 g/mol. The molecule has 1 saturated carbocycles. The fraction of sp³-hybridized carbons (Fsp3) is 0.429. The molecule has 1 aliphatic rings. The SMILES string of the molecule is Cc1cc([N+](=O)[O-])ccc1-c1nc(C2(N)CCCC2)no1.Cl. The minimum Gasteiger partial charge on any atom is -0.334 e. The summed E-state index contributed by atoms with van der Waals surface area (Å²) in [6.07, 6.45) is 3.84. The summed E-state index contributed by atoms with van der Waals surface area (Å²) in [5.74, 6) is 0.877. The van der Waals surface area contributed by atoms with E-state index in [0.29, 0.717) is 17.3 Å². The Kier molecular flexibility index (Phi) is 4.48. The Balaban J connectivity index is 0.00000176. The van der Waals surface area contributed by atoms with Crippen molar-refractivity contribution in [3.8, 4) is 11.5 Å². The first-order valence-electron chi connectivity index (χ1n) is 6.88. The number of nitrogens with two attached hydrogens (primary N) is 1. The average molecular weight is 325 g/mol. The van der Waals surface area contributed by atoms with Gasteiger partial charge in [0.1, 0.15) is 0 Å². The zero-order chi connectivity index (χ0) is 15.0. The molecule has 2 N–H and O–H groups in total. The van der Waals surface area contributed by atoms with Crippen LogP contribution in [0, 0.1) is 17.0 Å². The van der Waals surface area contributed by atoms with Gasteiger partial charge in [0, 0.05) is 17.7 Å². The van der Waals surface area contributed by atoms with Crippen LogP contribution in [0.2, 0.25) is 0 Å². The number of halogens is 1. The summed E-state index contributed by atoms with van der Waals surface area (Å²) in [6.45, 7) is 1.78. The lowest BCUT2D eigenvalue weighted by atomic mass is 9.98. The van der Waals surface area contributed by atoms with E-state index in [1.165, 1.54) is 12.1 Å². The summed E-state index contributed by atoms with van der Waals surface area (Å²) in [4.78, 5) is 14.7. The Morgan fingerprint density at radius 2 is 2.05 bits per heavy atom. The van der Waals surface area contributed by atoms with Crippen molar-refractivity contribution in [2.75, 3.05) is 0 Å². The maximum Gasteiger partial charge on any atom is 0.269 e. The molecule has 3 rings (SSSR count). The third kappa shape index (κ3) is 2.82. The van der Waals surface area contributed by atoms with Gasteiger partial charge < -0.3 is 10.3 Å². The lowest BCUT2D eigenvalue weighted by Crippen LogP contribution is -2.34. The van der Waals surface area contributed by atoms with E-state index in [9.17, 15) is 10.1 Å². The standard InChI is InChI=1S/C14H16N4O3.ClH/c1-9-8-10(18(19)20)4-5-11(9)12-16-13(17-21-12)14(15)6-2-3-7-14;/h4-5,8H,2-3,6-7,15H2,1H3;1H. The molecule has 0 amide bonds. The number of nitro benzene ring substituents is 1. The van der Waals surface area contributed by atoms with Gasteiger partial charge in [-0.05, 0) is 31.4 Å². The van der Waals surface area contributed by atoms with Crippen molar-refractivity contribution in [3.63, 3.8) is 0 Å². The predicted octanol–water partition coefficient (Wildman–Crippen LogP) is 3.10. The summed E-state index contributed by atoms with van der Waals surface area (Å²) < 4.78 is 5.30. The van der Waals surface area contributed by atoms with Crippen molar-refractivity contribution in [1.82, 2.24) is 10.1 Å². The molecule has 0 aliphatic heterocycles. The van der Waals surface area contributed by atoms with E-state index in [4.69, 9.17) is 10.3 Å². The van der Waals surface area contributed by atoms with Crippen LogP contribution in [0.3, 0.4) is 0 Å². The van der Waals surface area contributed by atoms with Gasteiger partial charge in [-0.15, -0.1) is 12.4 Å². The molecule has 118 valence electrons. The van der Waals surface area contributed by atoms with Crippen molar-refractivity contribution in [2.24, 2.45) is 5.73 Å². The lowest BCUT2D eigenvalue weighted by Gasteiger charge is -2.17. The third-order valence-corrected chi connectivity index (χ3v) is 4.02. The second-order valence-electron chi connectivity index (χ2n) is 5.54. The fourth-order valence-corrected chi connectivity index (χ4v) is 2.77. The Hall–Kier alpha value is -1.99. The Labute approximate surface area is 133 Å². The molecule has 1 aliphatic carbocycles. The minimum absolute atomic E-state index is 0. The van der Waals surface area contributed by atoms with Gasteiger partial charge in [-0.25, -0.2) is 0 Å². The number of hydrogen-bond donors (Lipinski definition) is 1. The van der Waals surface area contributed by atoms with Gasteiger partial charge in [0.15, 0.2) is 5.82 Å². The molecule has 0 atom stereocenters. The number of benzene rings is 1. The Morgan fingerprint density at radius 3 is 2.64 bits per heavy atom. The Bertz CT molecular complexity index is 695. The molecule has 0 saturated heterocycles. The first-order chi connectivity index (χ1) is 9.99. The van der Waals surface area contributed by atoms with Gasteiger partial charge in [0.2, 0.25) is 0 Å². The first-order valence-corrected chi connectivity index (χ1v) is 6.88. The number of rotatable bonds is 3. The molecule has 0 spiro atoms. The lowest BCUT2D eigenvalue weighted by molar-refractivity contribution is -0.384. The van der Waals surface area contributed by atoms with Gasteiger partial charge in [0.25, 0.3) is 11.6 Å². The third-order valence-electron chi connectivity index (χ3n) is 4.02. The van der Waals surface area contributed by atoms with Crippen LogP contribution in [0.4, 0.5) is 5.69 Å². The molecular weight excluding hydrogens is 308 g/mol. The maximum absolute atomic E-state index is 10.8. The molecule has 0 bridgehead atoms. The van der Waals surface area contributed by atoms with Gasteiger partial charge in [-0.2, -0.15) is 4.98 Å². The van der Waals surface area contributed by atoms with Crippen LogP contribution in [0.25, 0.3) is 11.5 Å². The van der Waals surface area contributed by atoms with E-state index in [1.54, 1.807) is 13.0 Å². The number of non-ortho nitro benzene ring substituents is 1. The molecule has 1 aromatic carbocycles. The average Bonchev–Trinajstić information content (AvgIpc) is 3.08. The molecule has 7 nitrogen and oxygen atoms in total. The van der Waals surface area contributed by atoms with E-state index >= 15 is 0 Å². The highest BCUT2D eigenvalue weighted by atomic mass is 35.5. The van der Waals surface area contributed by atoms with Crippen molar-refractivity contribution in [1.29, 1.82) is 0 Å². The minimum atomic E-state index is -0.504.